The lowest BCUT2D eigenvalue weighted by molar-refractivity contribution is -0.122. The normalized spacial score (nSPS) is 14.9. The zero-order valence-corrected chi connectivity index (χ0v) is 17.8. The number of halogens is 4. The third-order valence-electron chi connectivity index (χ3n) is 4.67. The van der Waals surface area contributed by atoms with Gasteiger partial charge in [0, 0.05) is 30.0 Å². The first-order valence-corrected chi connectivity index (χ1v) is 9.18. The van der Waals surface area contributed by atoms with Crippen molar-refractivity contribution in [3.05, 3.63) is 40.3 Å². The van der Waals surface area contributed by atoms with Crippen molar-refractivity contribution in [2.24, 2.45) is 5.73 Å². The molecule has 1 aliphatic carbocycles. The highest BCUT2D eigenvalue weighted by Crippen LogP contribution is 2.31. The highest BCUT2D eigenvalue weighted by atomic mass is 35.5. The van der Waals surface area contributed by atoms with Crippen LogP contribution in [0.15, 0.2) is 28.8 Å². The lowest BCUT2D eigenvalue weighted by Crippen LogP contribution is -2.51. The third-order valence-corrected chi connectivity index (χ3v) is 5.22. The molecule has 3 N–H and O–H groups in total. The van der Waals surface area contributed by atoms with Gasteiger partial charge >= 0.3 is 0 Å². The summed E-state index contributed by atoms with van der Waals surface area (Å²) in [5.41, 5.74) is 6.35. The van der Waals surface area contributed by atoms with Gasteiger partial charge in [-0.3, -0.25) is 4.79 Å². The number of nitrogens with two attached hydrogens (primary N) is 1. The second-order valence-corrected chi connectivity index (χ2v) is 7.33. The summed E-state index contributed by atoms with van der Waals surface area (Å²) in [4.78, 5) is 16.5. The Kier molecular flexibility index (Phi) is 9.39. The zero-order chi connectivity index (χ0) is 17.9. The predicted molar refractivity (Wildman–Crippen MR) is 113 cm³/mol. The van der Waals surface area contributed by atoms with Crippen molar-refractivity contribution < 1.29 is 9.21 Å². The van der Waals surface area contributed by atoms with Crippen molar-refractivity contribution in [2.75, 3.05) is 6.54 Å². The molecule has 1 amide bonds. The van der Waals surface area contributed by atoms with Gasteiger partial charge in [-0.25, -0.2) is 4.98 Å². The fourth-order valence-electron chi connectivity index (χ4n) is 3.25. The van der Waals surface area contributed by atoms with Crippen LogP contribution in [0.1, 0.15) is 38.0 Å². The summed E-state index contributed by atoms with van der Waals surface area (Å²) in [6, 6.07) is 5.18. The monoisotopic (exact) mass is 453 g/mol. The number of rotatable bonds is 6. The minimum Gasteiger partial charge on any atom is -0.441 e. The molecule has 0 bridgehead atoms. The van der Waals surface area contributed by atoms with Gasteiger partial charge in [0.05, 0.1) is 16.8 Å². The maximum atomic E-state index is 12.2. The van der Waals surface area contributed by atoms with E-state index in [0.29, 0.717) is 41.1 Å². The molecule has 3 rings (SSSR count). The maximum Gasteiger partial charge on any atom is 0.220 e. The molecule has 1 heterocycles. The Morgan fingerprint density at radius 3 is 2.59 bits per heavy atom. The number of nitrogens with one attached hydrogen (secondary N) is 1. The van der Waals surface area contributed by atoms with Crippen LogP contribution in [0.4, 0.5) is 0 Å². The Bertz CT molecular complexity index is 761. The van der Waals surface area contributed by atoms with E-state index >= 15 is 0 Å². The molecular formula is C18H23Cl4N3O2. The van der Waals surface area contributed by atoms with Gasteiger partial charge in [0.25, 0.3) is 0 Å². The third kappa shape index (κ3) is 6.00. The summed E-state index contributed by atoms with van der Waals surface area (Å²) in [7, 11) is 0. The Hall–Kier alpha value is -0.980. The van der Waals surface area contributed by atoms with Crippen LogP contribution in [0.2, 0.25) is 10.0 Å². The number of aromatic nitrogens is 1. The summed E-state index contributed by atoms with van der Waals surface area (Å²) in [5.74, 6) is 1.05. The Labute approximate surface area is 181 Å². The van der Waals surface area contributed by atoms with E-state index in [2.05, 4.69) is 10.3 Å². The van der Waals surface area contributed by atoms with Crippen LogP contribution in [0.3, 0.4) is 0 Å². The van der Waals surface area contributed by atoms with E-state index in [1.54, 1.807) is 24.4 Å². The Morgan fingerprint density at radius 1 is 1.26 bits per heavy atom. The molecule has 27 heavy (non-hydrogen) atoms. The Balaban J connectivity index is 0.00000182. The molecule has 9 heteroatoms. The number of aryl methyl sites for hydroxylation is 1. The zero-order valence-electron chi connectivity index (χ0n) is 14.7. The van der Waals surface area contributed by atoms with E-state index in [1.165, 1.54) is 0 Å². The fraction of sp³-hybridized carbons (Fsp3) is 0.444. The first kappa shape index (κ1) is 24.1. The highest BCUT2D eigenvalue weighted by molar-refractivity contribution is 6.36. The second-order valence-electron chi connectivity index (χ2n) is 6.48. The van der Waals surface area contributed by atoms with Crippen LogP contribution < -0.4 is 11.1 Å². The number of hydrogen-bond donors (Lipinski definition) is 2. The van der Waals surface area contributed by atoms with Crippen molar-refractivity contribution in [3.63, 3.8) is 0 Å². The van der Waals surface area contributed by atoms with Crippen molar-refractivity contribution in [2.45, 2.75) is 44.1 Å². The van der Waals surface area contributed by atoms with Gasteiger partial charge in [-0.15, -0.1) is 24.8 Å². The summed E-state index contributed by atoms with van der Waals surface area (Å²) in [6.45, 7) is 0.483. The van der Waals surface area contributed by atoms with Crippen LogP contribution >= 0.6 is 48.0 Å². The van der Waals surface area contributed by atoms with E-state index < -0.39 is 0 Å². The molecule has 2 aromatic rings. The van der Waals surface area contributed by atoms with Crippen molar-refractivity contribution >= 4 is 53.9 Å². The lowest BCUT2D eigenvalue weighted by Gasteiger charge is -2.28. The summed E-state index contributed by atoms with van der Waals surface area (Å²) in [6.07, 6.45) is 6.49. The molecule has 0 atom stereocenters. The predicted octanol–water partition coefficient (Wildman–Crippen LogP) is 4.81. The van der Waals surface area contributed by atoms with Crippen molar-refractivity contribution in [3.8, 4) is 11.3 Å². The lowest BCUT2D eigenvalue weighted by atomic mass is 9.97. The van der Waals surface area contributed by atoms with E-state index in [4.69, 9.17) is 33.4 Å². The van der Waals surface area contributed by atoms with Gasteiger partial charge in [-0.2, -0.15) is 0 Å². The number of carbonyl (C=O) groups is 1. The SMILES string of the molecule is Cl.Cl.NCC1(NC(=O)CCc2ncc(-c3ccc(Cl)cc3Cl)o2)CCCC1. The minimum atomic E-state index is -0.227. The van der Waals surface area contributed by atoms with Crippen molar-refractivity contribution in [1.82, 2.24) is 10.3 Å². The molecule has 150 valence electrons. The number of amides is 1. The quantitative estimate of drug-likeness (QED) is 0.655. The van der Waals surface area contributed by atoms with Gasteiger partial charge in [-0.05, 0) is 31.0 Å². The highest BCUT2D eigenvalue weighted by Gasteiger charge is 2.33. The number of oxazole rings is 1. The summed E-state index contributed by atoms with van der Waals surface area (Å²) >= 11 is 12.1. The molecular weight excluding hydrogens is 432 g/mol. The molecule has 5 nitrogen and oxygen atoms in total. The number of benzene rings is 1. The van der Waals surface area contributed by atoms with Gasteiger partial charge in [0.2, 0.25) is 5.91 Å². The van der Waals surface area contributed by atoms with Crippen molar-refractivity contribution in [1.29, 1.82) is 0 Å². The van der Waals surface area contributed by atoms with E-state index in [1.807, 2.05) is 0 Å². The molecule has 1 saturated carbocycles. The molecule has 1 aromatic heterocycles. The number of hydrogen-bond acceptors (Lipinski definition) is 4. The van der Waals surface area contributed by atoms with Gasteiger partial charge in [0.15, 0.2) is 11.7 Å². The fourth-order valence-corrected chi connectivity index (χ4v) is 3.75. The number of nitrogens with zero attached hydrogens (tertiary/aromatic N) is 1. The molecule has 0 radical (unpaired) electrons. The molecule has 0 aliphatic heterocycles. The van der Waals surface area contributed by atoms with Crippen LogP contribution in [-0.4, -0.2) is 23.0 Å². The molecule has 1 fully saturated rings. The molecule has 0 saturated heterocycles. The average Bonchev–Trinajstić information content (AvgIpc) is 3.23. The molecule has 1 aromatic carbocycles. The second kappa shape index (κ2) is 10.5. The topological polar surface area (TPSA) is 81.1 Å². The molecule has 1 aliphatic rings. The van der Waals surface area contributed by atoms with Crippen LogP contribution in [0.5, 0.6) is 0 Å². The van der Waals surface area contributed by atoms with Gasteiger partial charge in [-0.1, -0.05) is 36.0 Å². The standard InChI is InChI=1S/C18H21Cl2N3O2.2ClH/c19-12-3-4-13(14(20)9-12)15-10-22-17(25-15)6-5-16(24)23-18(11-21)7-1-2-8-18;;/h3-4,9-10H,1-2,5-8,11,21H2,(H,23,24);2*1H. The van der Waals surface area contributed by atoms with E-state index in [9.17, 15) is 4.79 Å². The largest absolute Gasteiger partial charge is 0.441 e. The first-order valence-electron chi connectivity index (χ1n) is 8.42. The van der Waals surface area contributed by atoms with E-state index in [0.717, 1.165) is 31.2 Å². The van der Waals surface area contributed by atoms with E-state index in [-0.39, 0.29) is 36.3 Å². The molecule has 0 unspecified atom stereocenters. The summed E-state index contributed by atoms with van der Waals surface area (Å²) in [5, 5.41) is 4.16. The van der Waals surface area contributed by atoms with Crippen LogP contribution in [-0.2, 0) is 11.2 Å². The smallest absolute Gasteiger partial charge is 0.220 e. The van der Waals surface area contributed by atoms with Crippen LogP contribution in [0, 0.1) is 0 Å². The molecule has 0 spiro atoms. The van der Waals surface area contributed by atoms with Gasteiger partial charge < -0.3 is 15.5 Å². The van der Waals surface area contributed by atoms with Gasteiger partial charge in [0.1, 0.15) is 0 Å². The minimum absolute atomic E-state index is 0. The average molecular weight is 455 g/mol. The Morgan fingerprint density at radius 2 is 1.96 bits per heavy atom. The number of carbonyl (C=O) groups excluding carboxylic acids is 1. The summed E-state index contributed by atoms with van der Waals surface area (Å²) < 4.78 is 5.72. The first-order chi connectivity index (χ1) is 12.0. The maximum absolute atomic E-state index is 12.2. The van der Waals surface area contributed by atoms with Crippen LogP contribution in [0.25, 0.3) is 11.3 Å².